The van der Waals surface area contributed by atoms with Gasteiger partial charge in [0, 0.05) is 11.4 Å². The van der Waals surface area contributed by atoms with Crippen LogP contribution in [0.1, 0.15) is 44.8 Å². The molecule has 31 heavy (non-hydrogen) atoms. The molecule has 0 saturated heterocycles. The van der Waals surface area contributed by atoms with Gasteiger partial charge in [-0.2, -0.15) is 0 Å². The lowest BCUT2D eigenvalue weighted by molar-refractivity contribution is 0.0693. The van der Waals surface area contributed by atoms with Gasteiger partial charge in [0.25, 0.3) is 5.91 Å². The Bertz CT molecular complexity index is 1100. The summed E-state index contributed by atoms with van der Waals surface area (Å²) in [5, 5.41) is 12.5. The molecule has 5 nitrogen and oxygen atoms in total. The summed E-state index contributed by atoms with van der Waals surface area (Å²) in [6.45, 7) is 1.86. The fourth-order valence-corrected chi connectivity index (χ4v) is 3.37. The van der Waals surface area contributed by atoms with E-state index in [1.54, 1.807) is 55.5 Å². The standard InChI is InChI=1S/C24H21ClFNO4/c1-15(18-7-3-4-8-19(18)24(29)30)27-23(28)20-14-17(25)10-11-22(20)31-13-12-16-6-2-5-9-21(16)26/h2-11,14-15H,12-13H2,1H3,(H,27,28)(H,29,30)/t15-/m0/s1. The van der Waals surface area contributed by atoms with E-state index in [1.807, 2.05) is 0 Å². The molecule has 0 aromatic heterocycles. The van der Waals surface area contributed by atoms with Crippen LogP contribution in [0.2, 0.25) is 5.02 Å². The summed E-state index contributed by atoms with van der Waals surface area (Å²) in [4.78, 5) is 24.4. The van der Waals surface area contributed by atoms with Gasteiger partial charge in [-0.1, -0.05) is 48.0 Å². The van der Waals surface area contributed by atoms with Gasteiger partial charge in [0.1, 0.15) is 11.6 Å². The number of amides is 1. The summed E-state index contributed by atoms with van der Waals surface area (Å²) in [7, 11) is 0. The van der Waals surface area contributed by atoms with Crippen LogP contribution in [0.5, 0.6) is 5.75 Å². The van der Waals surface area contributed by atoms with Crippen LogP contribution in [0.25, 0.3) is 0 Å². The minimum absolute atomic E-state index is 0.114. The Hall–Kier alpha value is -3.38. The quantitative estimate of drug-likeness (QED) is 0.498. The largest absolute Gasteiger partial charge is 0.492 e. The Kier molecular flexibility index (Phi) is 7.26. The van der Waals surface area contributed by atoms with Crippen LogP contribution >= 0.6 is 11.6 Å². The smallest absolute Gasteiger partial charge is 0.336 e. The number of carbonyl (C=O) groups is 2. The number of hydrogen-bond acceptors (Lipinski definition) is 3. The fraction of sp³-hybridized carbons (Fsp3) is 0.167. The van der Waals surface area contributed by atoms with E-state index < -0.39 is 17.9 Å². The molecule has 0 spiro atoms. The van der Waals surface area contributed by atoms with E-state index in [4.69, 9.17) is 16.3 Å². The number of carbonyl (C=O) groups excluding carboxylic acids is 1. The Morgan fingerprint density at radius 1 is 1.06 bits per heavy atom. The van der Waals surface area contributed by atoms with Crippen LogP contribution in [0, 0.1) is 5.82 Å². The van der Waals surface area contributed by atoms with E-state index in [-0.39, 0.29) is 23.6 Å². The highest BCUT2D eigenvalue weighted by Gasteiger charge is 2.20. The predicted molar refractivity (Wildman–Crippen MR) is 116 cm³/mol. The summed E-state index contributed by atoms with van der Waals surface area (Å²) in [6, 6.07) is 17.0. The molecular weight excluding hydrogens is 421 g/mol. The highest BCUT2D eigenvalue weighted by Crippen LogP contribution is 2.25. The molecule has 2 N–H and O–H groups in total. The Morgan fingerprint density at radius 2 is 1.77 bits per heavy atom. The second kappa shape index (κ2) is 10.1. The molecule has 3 aromatic carbocycles. The number of ether oxygens (including phenoxy) is 1. The van der Waals surface area contributed by atoms with Gasteiger partial charge in [0.15, 0.2) is 0 Å². The predicted octanol–water partition coefficient (Wildman–Crippen LogP) is 5.29. The number of carboxylic acid groups (broad SMARTS) is 1. The summed E-state index contributed by atoms with van der Waals surface area (Å²) in [5.74, 6) is -1.55. The zero-order valence-electron chi connectivity index (χ0n) is 16.8. The summed E-state index contributed by atoms with van der Waals surface area (Å²) in [6.07, 6.45) is 0.332. The summed E-state index contributed by atoms with van der Waals surface area (Å²) in [5.41, 5.74) is 1.32. The molecule has 0 radical (unpaired) electrons. The number of carboxylic acids is 1. The number of rotatable bonds is 8. The number of hydrogen-bond donors (Lipinski definition) is 2. The summed E-state index contributed by atoms with van der Waals surface area (Å²) < 4.78 is 19.5. The van der Waals surface area contributed by atoms with Crippen LogP contribution in [-0.4, -0.2) is 23.6 Å². The first-order valence-corrected chi connectivity index (χ1v) is 10.0. The zero-order chi connectivity index (χ0) is 22.4. The highest BCUT2D eigenvalue weighted by atomic mass is 35.5. The molecular formula is C24H21ClFNO4. The molecule has 0 unspecified atom stereocenters. The molecule has 0 aliphatic carbocycles. The lowest BCUT2D eigenvalue weighted by atomic mass is 10.0. The minimum Gasteiger partial charge on any atom is -0.492 e. The van der Waals surface area contributed by atoms with Gasteiger partial charge in [-0.05, 0) is 48.4 Å². The third-order valence-corrected chi connectivity index (χ3v) is 5.01. The molecule has 7 heteroatoms. The second-order valence-corrected chi connectivity index (χ2v) is 7.35. The average molecular weight is 442 g/mol. The average Bonchev–Trinajstić information content (AvgIpc) is 2.75. The van der Waals surface area contributed by atoms with E-state index >= 15 is 0 Å². The lowest BCUT2D eigenvalue weighted by Crippen LogP contribution is -2.28. The molecule has 0 bridgehead atoms. The first-order valence-electron chi connectivity index (χ1n) is 9.65. The molecule has 0 saturated carbocycles. The Labute approximate surface area is 184 Å². The topological polar surface area (TPSA) is 75.6 Å². The van der Waals surface area contributed by atoms with Gasteiger partial charge in [0.2, 0.25) is 0 Å². The van der Waals surface area contributed by atoms with Gasteiger partial charge >= 0.3 is 5.97 Å². The minimum atomic E-state index is -1.07. The van der Waals surface area contributed by atoms with Crippen molar-refractivity contribution in [1.82, 2.24) is 5.32 Å². The van der Waals surface area contributed by atoms with Crippen LogP contribution < -0.4 is 10.1 Å². The number of nitrogens with one attached hydrogen (secondary N) is 1. The fourth-order valence-electron chi connectivity index (χ4n) is 3.20. The van der Waals surface area contributed by atoms with Crippen LogP contribution in [0.3, 0.4) is 0 Å². The second-order valence-electron chi connectivity index (χ2n) is 6.92. The molecule has 3 aromatic rings. The van der Waals surface area contributed by atoms with Crippen molar-refractivity contribution >= 4 is 23.5 Å². The Morgan fingerprint density at radius 3 is 2.52 bits per heavy atom. The van der Waals surface area contributed by atoms with Crippen LogP contribution in [0.15, 0.2) is 66.7 Å². The van der Waals surface area contributed by atoms with E-state index in [9.17, 15) is 19.1 Å². The van der Waals surface area contributed by atoms with Gasteiger partial charge in [0.05, 0.1) is 23.8 Å². The maximum absolute atomic E-state index is 13.8. The Balaban J connectivity index is 1.74. The number of aromatic carboxylic acids is 1. The van der Waals surface area contributed by atoms with Gasteiger partial charge in [-0.3, -0.25) is 4.79 Å². The van der Waals surface area contributed by atoms with Crippen molar-refractivity contribution in [2.24, 2.45) is 0 Å². The van der Waals surface area contributed by atoms with Crippen molar-refractivity contribution < 1.29 is 23.8 Å². The SMILES string of the molecule is C[C@H](NC(=O)c1cc(Cl)ccc1OCCc1ccccc1F)c1ccccc1C(=O)O. The van der Waals surface area contributed by atoms with Gasteiger partial charge < -0.3 is 15.2 Å². The van der Waals surface area contributed by atoms with Crippen molar-refractivity contribution in [2.45, 2.75) is 19.4 Å². The van der Waals surface area contributed by atoms with Crippen molar-refractivity contribution in [2.75, 3.05) is 6.61 Å². The molecule has 0 aliphatic heterocycles. The van der Waals surface area contributed by atoms with Crippen molar-refractivity contribution in [3.05, 3.63) is 99.8 Å². The number of halogens is 2. The molecule has 0 heterocycles. The van der Waals surface area contributed by atoms with Crippen LogP contribution in [-0.2, 0) is 6.42 Å². The third-order valence-electron chi connectivity index (χ3n) is 4.78. The number of benzene rings is 3. The van der Waals surface area contributed by atoms with Crippen molar-refractivity contribution in [3.63, 3.8) is 0 Å². The van der Waals surface area contributed by atoms with Crippen LogP contribution in [0.4, 0.5) is 4.39 Å². The lowest BCUT2D eigenvalue weighted by Gasteiger charge is -2.18. The molecule has 0 fully saturated rings. The molecule has 3 rings (SSSR count). The van der Waals surface area contributed by atoms with Crippen molar-refractivity contribution in [1.29, 1.82) is 0 Å². The molecule has 1 amide bonds. The summed E-state index contributed by atoms with van der Waals surface area (Å²) >= 11 is 6.07. The normalized spacial score (nSPS) is 11.6. The van der Waals surface area contributed by atoms with E-state index in [0.29, 0.717) is 28.3 Å². The zero-order valence-corrected chi connectivity index (χ0v) is 17.5. The molecule has 1 atom stereocenters. The van der Waals surface area contributed by atoms with Gasteiger partial charge in [-0.15, -0.1) is 0 Å². The third kappa shape index (κ3) is 5.61. The monoisotopic (exact) mass is 441 g/mol. The first kappa shape index (κ1) is 22.3. The first-order chi connectivity index (χ1) is 14.9. The van der Waals surface area contributed by atoms with E-state index in [0.717, 1.165) is 0 Å². The van der Waals surface area contributed by atoms with E-state index in [1.165, 1.54) is 18.2 Å². The highest BCUT2D eigenvalue weighted by molar-refractivity contribution is 6.31. The van der Waals surface area contributed by atoms with E-state index in [2.05, 4.69) is 5.32 Å². The molecule has 160 valence electrons. The van der Waals surface area contributed by atoms with Gasteiger partial charge in [-0.25, -0.2) is 9.18 Å². The maximum Gasteiger partial charge on any atom is 0.336 e. The van der Waals surface area contributed by atoms with Crippen molar-refractivity contribution in [3.8, 4) is 5.75 Å². The maximum atomic E-state index is 13.8. The molecule has 0 aliphatic rings.